The van der Waals surface area contributed by atoms with E-state index >= 15 is 0 Å². The van der Waals surface area contributed by atoms with E-state index in [-0.39, 0.29) is 36.6 Å². The molecule has 4 rings (SSSR count). The summed E-state index contributed by atoms with van der Waals surface area (Å²) in [6.07, 6.45) is 1.85. The highest BCUT2D eigenvalue weighted by Gasteiger charge is 2.55. The molecule has 11 heteroatoms. The van der Waals surface area contributed by atoms with Crippen molar-refractivity contribution < 1.29 is 28.7 Å². The first-order valence-corrected chi connectivity index (χ1v) is 13.5. The fraction of sp³-hybridized carbons (Fsp3) is 0.536. The van der Waals surface area contributed by atoms with Gasteiger partial charge in [0.05, 0.1) is 18.1 Å². The number of likely N-dealkylation sites (tertiary alicyclic amines) is 1. The first-order chi connectivity index (χ1) is 18.5. The highest BCUT2D eigenvalue weighted by Crippen LogP contribution is 2.38. The van der Waals surface area contributed by atoms with Crippen LogP contribution in [0, 0.1) is 5.41 Å². The lowest BCUT2D eigenvalue weighted by Crippen LogP contribution is -2.61. The van der Waals surface area contributed by atoms with E-state index < -0.39 is 41.2 Å². The third-order valence-electron chi connectivity index (χ3n) is 7.82. The standard InChI is InChI=1S/C28H37N5O6/c1-4-5-15-31-23(34)20(22(29)30)24(35)33(27(31)38)18-11-13-19(14-12-18)39-21-25(36)32(26(37)28(21,2)3)16-17-9-7-6-8-10-17/h6-10,18-19,21H,4-5,11-16,29-30H2,1-3H3. The number of nitrogens with two attached hydrogens (primary N) is 2. The Kier molecular flexibility index (Phi) is 8.10. The van der Waals surface area contributed by atoms with Gasteiger partial charge in [0.25, 0.3) is 17.7 Å². The maximum Gasteiger partial charge on any atom is 0.334 e. The average molecular weight is 540 g/mol. The first kappa shape index (κ1) is 28.3. The molecule has 1 aromatic rings. The zero-order valence-corrected chi connectivity index (χ0v) is 22.7. The molecule has 39 heavy (non-hydrogen) atoms. The Balaban J connectivity index is 1.44. The van der Waals surface area contributed by atoms with Gasteiger partial charge in [-0.1, -0.05) is 43.7 Å². The first-order valence-electron chi connectivity index (χ1n) is 13.5. The van der Waals surface area contributed by atoms with Crippen molar-refractivity contribution in [1.82, 2.24) is 14.7 Å². The van der Waals surface area contributed by atoms with E-state index in [1.165, 1.54) is 4.90 Å². The van der Waals surface area contributed by atoms with E-state index in [1.807, 2.05) is 37.3 Å². The number of nitrogens with zero attached hydrogens (tertiary/aromatic N) is 3. The second-order valence-electron chi connectivity index (χ2n) is 11.0. The number of barbiturate groups is 1. The van der Waals surface area contributed by atoms with Crippen molar-refractivity contribution >= 4 is 29.7 Å². The number of benzene rings is 1. The highest BCUT2D eigenvalue weighted by atomic mass is 16.5. The molecule has 3 aliphatic rings. The molecule has 4 N–H and O–H groups in total. The second-order valence-corrected chi connectivity index (χ2v) is 11.0. The quantitative estimate of drug-likeness (QED) is 0.289. The molecule has 2 heterocycles. The minimum atomic E-state index is -1.03. The van der Waals surface area contributed by atoms with Gasteiger partial charge in [0.2, 0.25) is 5.91 Å². The monoisotopic (exact) mass is 539 g/mol. The normalized spacial score (nSPS) is 25.6. The number of urea groups is 1. The maximum absolute atomic E-state index is 13.3. The number of amides is 6. The van der Waals surface area contributed by atoms with Crippen LogP contribution in [-0.4, -0.2) is 69.2 Å². The van der Waals surface area contributed by atoms with Crippen molar-refractivity contribution in [2.24, 2.45) is 16.9 Å². The van der Waals surface area contributed by atoms with Crippen LogP contribution in [0.2, 0.25) is 0 Å². The molecule has 1 unspecified atom stereocenters. The smallest absolute Gasteiger partial charge is 0.334 e. The summed E-state index contributed by atoms with van der Waals surface area (Å²) in [5.41, 5.74) is 10.8. The van der Waals surface area contributed by atoms with Crippen LogP contribution in [0.15, 0.2) is 41.7 Å². The van der Waals surface area contributed by atoms with Gasteiger partial charge in [0, 0.05) is 12.6 Å². The van der Waals surface area contributed by atoms with Gasteiger partial charge in [0.15, 0.2) is 6.10 Å². The topological polar surface area (TPSA) is 156 Å². The molecule has 1 aliphatic carbocycles. The summed E-state index contributed by atoms with van der Waals surface area (Å²) in [6, 6.07) is 8.17. The van der Waals surface area contributed by atoms with Gasteiger partial charge in [-0.05, 0) is 51.5 Å². The highest BCUT2D eigenvalue weighted by molar-refractivity contribution is 6.29. The lowest BCUT2D eigenvalue weighted by molar-refractivity contribution is -0.147. The van der Waals surface area contributed by atoms with Gasteiger partial charge in [0.1, 0.15) is 11.4 Å². The van der Waals surface area contributed by atoms with Crippen LogP contribution in [-0.2, 0) is 30.5 Å². The molecular weight excluding hydrogens is 502 g/mol. The van der Waals surface area contributed by atoms with Gasteiger partial charge in [-0.25, -0.2) is 4.79 Å². The van der Waals surface area contributed by atoms with E-state index in [4.69, 9.17) is 16.2 Å². The average Bonchev–Trinajstić information content (AvgIpc) is 3.05. The van der Waals surface area contributed by atoms with Crippen molar-refractivity contribution in [1.29, 1.82) is 0 Å². The minimum absolute atomic E-state index is 0.166. The molecule has 0 radical (unpaired) electrons. The largest absolute Gasteiger partial charge is 0.385 e. The molecule has 6 amide bonds. The molecule has 0 bridgehead atoms. The Hall–Kier alpha value is -3.73. The number of ether oxygens (including phenoxy) is 1. The molecule has 1 saturated carbocycles. The fourth-order valence-corrected chi connectivity index (χ4v) is 5.52. The summed E-state index contributed by atoms with van der Waals surface area (Å²) in [5, 5.41) is 0. The SMILES string of the molecule is CCCCN1C(=O)C(=C(N)N)C(=O)N(C2CCC(OC3C(=O)N(Cc4ccccc4)C(=O)C3(C)C)CC2)C1=O. The van der Waals surface area contributed by atoms with Gasteiger partial charge < -0.3 is 16.2 Å². The Morgan fingerprint density at radius 1 is 0.949 bits per heavy atom. The Bertz CT molecular complexity index is 1180. The Morgan fingerprint density at radius 2 is 1.59 bits per heavy atom. The van der Waals surface area contributed by atoms with Crippen molar-refractivity contribution in [3.63, 3.8) is 0 Å². The number of carbonyl (C=O) groups excluding carboxylic acids is 5. The molecule has 210 valence electrons. The van der Waals surface area contributed by atoms with E-state index in [9.17, 15) is 24.0 Å². The Labute approximate surface area is 228 Å². The van der Waals surface area contributed by atoms with Gasteiger partial charge in [-0.2, -0.15) is 0 Å². The molecule has 1 aromatic carbocycles. The molecule has 2 aliphatic heterocycles. The number of hydrogen-bond donors (Lipinski definition) is 2. The van der Waals surface area contributed by atoms with E-state index in [2.05, 4.69) is 0 Å². The molecule has 3 fully saturated rings. The fourth-order valence-electron chi connectivity index (χ4n) is 5.52. The predicted octanol–water partition coefficient (Wildman–Crippen LogP) is 2.00. The van der Waals surface area contributed by atoms with Crippen molar-refractivity contribution in [3.05, 3.63) is 47.3 Å². The number of unbranched alkanes of at least 4 members (excludes halogenated alkanes) is 1. The van der Waals surface area contributed by atoms with Crippen LogP contribution >= 0.6 is 0 Å². The summed E-state index contributed by atoms with van der Waals surface area (Å²) < 4.78 is 6.24. The van der Waals surface area contributed by atoms with Crippen LogP contribution in [0.3, 0.4) is 0 Å². The van der Waals surface area contributed by atoms with Crippen LogP contribution in [0.4, 0.5) is 4.79 Å². The van der Waals surface area contributed by atoms with Gasteiger partial charge in [-0.3, -0.25) is 33.9 Å². The summed E-state index contributed by atoms with van der Waals surface area (Å²) in [5.74, 6) is -2.60. The van der Waals surface area contributed by atoms with Crippen molar-refractivity contribution in [2.75, 3.05) is 6.54 Å². The third kappa shape index (κ3) is 5.27. The van der Waals surface area contributed by atoms with Crippen molar-refractivity contribution in [2.45, 2.75) is 84.1 Å². The van der Waals surface area contributed by atoms with Crippen LogP contribution < -0.4 is 11.5 Å². The second kappa shape index (κ2) is 11.2. The van der Waals surface area contributed by atoms with E-state index in [0.717, 1.165) is 21.8 Å². The Morgan fingerprint density at radius 3 is 2.18 bits per heavy atom. The van der Waals surface area contributed by atoms with Crippen LogP contribution in [0.25, 0.3) is 0 Å². The lowest BCUT2D eigenvalue weighted by atomic mass is 9.87. The molecule has 0 spiro atoms. The zero-order valence-electron chi connectivity index (χ0n) is 22.7. The van der Waals surface area contributed by atoms with E-state index in [1.54, 1.807) is 13.8 Å². The molecule has 11 nitrogen and oxygen atoms in total. The molecule has 1 atom stereocenters. The van der Waals surface area contributed by atoms with Gasteiger partial charge in [-0.15, -0.1) is 0 Å². The number of hydrogen-bond acceptors (Lipinski definition) is 8. The van der Waals surface area contributed by atoms with Crippen molar-refractivity contribution in [3.8, 4) is 0 Å². The summed E-state index contributed by atoms with van der Waals surface area (Å²) in [6.45, 7) is 5.71. The molecule has 0 aromatic heterocycles. The molecule has 2 saturated heterocycles. The van der Waals surface area contributed by atoms with Crippen LogP contribution in [0.5, 0.6) is 0 Å². The maximum atomic E-state index is 13.3. The summed E-state index contributed by atoms with van der Waals surface area (Å²) in [4.78, 5) is 68.9. The minimum Gasteiger partial charge on any atom is -0.385 e. The number of imide groups is 3. The molecular formula is C28H37N5O6. The lowest BCUT2D eigenvalue weighted by Gasteiger charge is -2.41. The number of carbonyl (C=O) groups is 5. The number of rotatable bonds is 8. The summed E-state index contributed by atoms with van der Waals surface area (Å²) in [7, 11) is 0. The zero-order chi connectivity index (χ0) is 28.5. The predicted molar refractivity (Wildman–Crippen MR) is 141 cm³/mol. The van der Waals surface area contributed by atoms with Gasteiger partial charge >= 0.3 is 6.03 Å². The van der Waals surface area contributed by atoms with E-state index in [0.29, 0.717) is 32.1 Å². The summed E-state index contributed by atoms with van der Waals surface area (Å²) >= 11 is 0. The third-order valence-corrected chi connectivity index (χ3v) is 7.82. The van der Waals surface area contributed by atoms with Crippen LogP contribution in [0.1, 0.15) is 64.9 Å².